The number of para-hydroxylation sites is 1. The Morgan fingerprint density at radius 2 is 1.83 bits per heavy atom. The molecule has 0 aromatic heterocycles. The van der Waals surface area contributed by atoms with Gasteiger partial charge >= 0.3 is 6.03 Å². The summed E-state index contributed by atoms with van der Waals surface area (Å²) in [6.45, 7) is 4.15. The Morgan fingerprint density at radius 1 is 1.03 bits per heavy atom. The average Bonchev–Trinajstić information content (AvgIpc) is 3.38. The maximum atomic E-state index is 12.2. The van der Waals surface area contributed by atoms with E-state index < -0.39 is 0 Å². The van der Waals surface area contributed by atoms with Gasteiger partial charge in [0.1, 0.15) is 0 Å². The van der Waals surface area contributed by atoms with E-state index in [1.54, 1.807) is 0 Å². The number of hydrogen-bond acceptors (Lipinski definition) is 3. The van der Waals surface area contributed by atoms with Crippen molar-refractivity contribution >= 4 is 23.3 Å². The predicted octanol–water partition coefficient (Wildman–Crippen LogP) is 3.46. The van der Waals surface area contributed by atoms with Gasteiger partial charge in [-0.1, -0.05) is 30.3 Å². The normalized spacial score (nSPS) is 18.9. The van der Waals surface area contributed by atoms with Gasteiger partial charge in [0.25, 0.3) is 0 Å². The molecular weight excluding hydrogens is 364 g/mol. The zero-order chi connectivity index (χ0) is 20.1. The van der Waals surface area contributed by atoms with Crippen molar-refractivity contribution in [3.8, 4) is 0 Å². The fourth-order valence-electron chi connectivity index (χ4n) is 4.07. The van der Waals surface area contributed by atoms with Crippen molar-refractivity contribution in [2.24, 2.45) is 5.92 Å². The number of urea groups is 1. The summed E-state index contributed by atoms with van der Waals surface area (Å²) in [5.41, 5.74) is 3.09. The first-order valence-electron chi connectivity index (χ1n) is 10.4. The molecule has 2 aliphatic rings. The fraction of sp³-hybridized carbons (Fsp3) is 0.391. The van der Waals surface area contributed by atoms with E-state index in [-0.39, 0.29) is 11.9 Å². The second kappa shape index (κ2) is 8.99. The Labute approximate surface area is 171 Å². The lowest BCUT2D eigenvalue weighted by molar-refractivity contribution is -0.128. The molecule has 0 spiro atoms. The lowest BCUT2D eigenvalue weighted by Gasteiger charge is -2.18. The maximum absolute atomic E-state index is 12.2. The van der Waals surface area contributed by atoms with Gasteiger partial charge in [0, 0.05) is 50.5 Å². The first kappa shape index (κ1) is 19.3. The molecule has 2 aliphatic heterocycles. The summed E-state index contributed by atoms with van der Waals surface area (Å²) in [5.74, 6) is 0.686. The molecule has 2 aromatic carbocycles. The minimum absolute atomic E-state index is 0.175. The topological polar surface area (TPSA) is 64.7 Å². The smallest absolute Gasteiger partial charge is 0.319 e. The van der Waals surface area contributed by atoms with Crippen molar-refractivity contribution in [1.29, 1.82) is 0 Å². The maximum Gasteiger partial charge on any atom is 0.319 e. The van der Waals surface area contributed by atoms with Gasteiger partial charge in [0.2, 0.25) is 5.91 Å². The van der Waals surface area contributed by atoms with Crippen molar-refractivity contribution in [3.63, 3.8) is 0 Å². The van der Waals surface area contributed by atoms with Gasteiger partial charge in [-0.2, -0.15) is 0 Å². The predicted molar refractivity (Wildman–Crippen MR) is 115 cm³/mol. The van der Waals surface area contributed by atoms with E-state index in [1.807, 2.05) is 35.2 Å². The van der Waals surface area contributed by atoms with Gasteiger partial charge in [-0.05, 0) is 48.6 Å². The molecule has 0 unspecified atom stereocenters. The molecule has 6 nitrogen and oxygen atoms in total. The third-order valence-electron chi connectivity index (χ3n) is 5.72. The number of nitrogens with one attached hydrogen (secondary N) is 2. The van der Waals surface area contributed by atoms with E-state index in [2.05, 4.69) is 39.8 Å². The third kappa shape index (κ3) is 5.08. The molecule has 2 saturated heterocycles. The van der Waals surface area contributed by atoms with E-state index >= 15 is 0 Å². The molecule has 0 saturated carbocycles. The number of carbonyl (C=O) groups is 2. The van der Waals surface area contributed by atoms with Crippen LogP contribution in [-0.4, -0.2) is 43.0 Å². The number of benzene rings is 2. The number of rotatable bonds is 6. The van der Waals surface area contributed by atoms with Crippen LogP contribution in [0.15, 0.2) is 54.6 Å². The molecule has 0 bridgehead atoms. The Kier molecular flexibility index (Phi) is 5.98. The van der Waals surface area contributed by atoms with Crippen LogP contribution >= 0.6 is 0 Å². The van der Waals surface area contributed by atoms with Gasteiger partial charge in [0.15, 0.2) is 0 Å². The molecule has 0 radical (unpaired) electrons. The highest BCUT2D eigenvalue weighted by Crippen LogP contribution is 2.23. The van der Waals surface area contributed by atoms with Gasteiger partial charge in [-0.3, -0.25) is 4.79 Å². The van der Waals surface area contributed by atoms with Crippen LogP contribution in [0.5, 0.6) is 0 Å². The highest BCUT2D eigenvalue weighted by molar-refractivity contribution is 5.89. The summed E-state index contributed by atoms with van der Waals surface area (Å²) in [4.78, 5) is 28.2. The molecule has 29 heavy (non-hydrogen) atoms. The molecule has 2 N–H and O–H groups in total. The van der Waals surface area contributed by atoms with Crippen LogP contribution in [0.1, 0.15) is 24.8 Å². The van der Waals surface area contributed by atoms with Gasteiger partial charge in [-0.25, -0.2) is 4.79 Å². The van der Waals surface area contributed by atoms with E-state index in [0.717, 1.165) is 43.7 Å². The summed E-state index contributed by atoms with van der Waals surface area (Å²) >= 11 is 0. The molecule has 3 amide bonds. The van der Waals surface area contributed by atoms with Crippen molar-refractivity contribution in [1.82, 2.24) is 10.2 Å². The van der Waals surface area contributed by atoms with Crippen LogP contribution in [0.2, 0.25) is 0 Å². The average molecular weight is 393 g/mol. The van der Waals surface area contributed by atoms with Crippen molar-refractivity contribution in [2.45, 2.75) is 25.8 Å². The number of amides is 3. The monoisotopic (exact) mass is 392 g/mol. The van der Waals surface area contributed by atoms with Crippen molar-refractivity contribution in [3.05, 3.63) is 60.2 Å². The Morgan fingerprint density at radius 3 is 2.55 bits per heavy atom. The summed E-state index contributed by atoms with van der Waals surface area (Å²) < 4.78 is 0. The molecule has 6 heteroatoms. The van der Waals surface area contributed by atoms with E-state index in [0.29, 0.717) is 25.4 Å². The Bertz CT molecular complexity index is 838. The molecule has 4 rings (SSSR count). The minimum atomic E-state index is -0.175. The highest BCUT2D eigenvalue weighted by Gasteiger charge is 2.23. The molecule has 152 valence electrons. The second-order valence-corrected chi connectivity index (χ2v) is 7.89. The lowest BCUT2D eigenvalue weighted by atomic mass is 10.1. The zero-order valence-electron chi connectivity index (χ0n) is 16.6. The largest absolute Gasteiger partial charge is 0.371 e. The third-order valence-corrected chi connectivity index (χ3v) is 5.72. The van der Waals surface area contributed by atoms with Crippen LogP contribution in [-0.2, 0) is 11.3 Å². The van der Waals surface area contributed by atoms with Crippen LogP contribution in [0.25, 0.3) is 0 Å². The Balaban J connectivity index is 1.20. The van der Waals surface area contributed by atoms with Crippen molar-refractivity contribution < 1.29 is 9.59 Å². The SMILES string of the molecule is O=C(NC[C@@H]1CCN(c2ccccc2)C1)Nc1ccc(CN2CCCC2=O)cc1. The van der Waals surface area contributed by atoms with Gasteiger partial charge in [-0.15, -0.1) is 0 Å². The molecule has 2 aromatic rings. The molecular formula is C23H28N4O2. The van der Waals surface area contributed by atoms with E-state index in [9.17, 15) is 9.59 Å². The van der Waals surface area contributed by atoms with Crippen LogP contribution < -0.4 is 15.5 Å². The number of anilines is 2. The first-order valence-corrected chi connectivity index (χ1v) is 10.4. The van der Waals surface area contributed by atoms with E-state index in [1.165, 1.54) is 5.69 Å². The number of hydrogen-bond donors (Lipinski definition) is 2. The molecule has 1 atom stereocenters. The van der Waals surface area contributed by atoms with Crippen LogP contribution in [0.4, 0.5) is 16.2 Å². The van der Waals surface area contributed by atoms with Gasteiger partial charge in [0.05, 0.1) is 0 Å². The fourth-order valence-corrected chi connectivity index (χ4v) is 4.07. The minimum Gasteiger partial charge on any atom is -0.371 e. The summed E-state index contributed by atoms with van der Waals surface area (Å²) in [5, 5.41) is 5.89. The van der Waals surface area contributed by atoms with Crippen LogP contribution in [0, 0.1) is 5.92 Å². The number of carbonyl (C=O) groups excluding carboxylic acids is 2. The number of likely N-dealkylation sites (tertiary alicyclic amines) is 1. The summed E-state index contributed by atoms with van der Waals surface area (Å²) in [7, 11) is 0. The number of nitrogens with zero attached hydrogens (tertiary/aromatic N) is 2. The second-order valence-electron chi connectivity index (χ2n) is 7.89. The first-order chi connectivity index (χ1) is 14.2. The summed E-state index contributed by atoms with van der Waals surface area (Å²) in [6, 6.07) is 18.0. The molecule has 2 heterocycles. The van der Waals surface area contributed by atoms with Crippen LogP contribution in [0.3, 0.4) is 0 Å². The van der Waals surface area contributed by atoms with Gasteiger partial charge < -0.3 is 20.4 Å². The molecule has 0 aliphatic carbocycles. The van der Waals surface area contributed by atoms with E-state index in [4.69, 9.17) is 0 Å². The standard InChI is InChI=1S/C23H28N4O2/c28-22-7-4-13-27(22)16-18-8-10-20(11-9-18)25-23(29)24-15-19-12-14-26(17-19)21-5-2-1-3-6-21/h1-3,5-6,8-11,19H,4,7,12-17H2,(H2,24,25,29)/t19-/m0/s1. The Hall–Kier alpha value is -3.02. The quantitative estimate of drug-likeness (QED) is 0.791. The van der Waals surface area contributed by atoms with Crippen molar-refractivity contribution in [2.75, 3.05) is 36.4 Å². The molecule has 2 fully saturated rings. The zero-order valence-corrected chi connectivity index (χ0v) is 16.6. The summed E-state index contributed by atoms with van der Waals surface area (Å²) in [6.07, 6.45) is 2.69. The lowest BCUT2D eigenvalue weighted by Crippen LogP contribution is -2.34. The highest BCUT2D eigenvalue weighted by atomic mass is 16.2.